The van der Waals surface area contributed by atoms with Gasteiger partial charge in [0.25, 0.3) is 0 Å². The van der Waals surface area contributed by atoms with E-state index in [0.717, 1.165) is 0 Å². The fourth-order valence-corrected chi connectivity index (χ4v) is 1.07. The first kappa shape index (κ1) is 19.1. The Morgan fingerprint density at radius 2 is 1.94 bits per heavy atom. The fourth-order valence-electron chi connectivity index (χ4n) is 1.07. The van der Waals surface area contributed by atoms with E-state index in [4.69, 9.17) is 40.2 Å². The van der Waals surface area contributed by atoms with Gasteiger partial charge in [0.1, 0.15) is 24.4 Å². The minimum absolute atomic E-state index is 0. The molecule has 4 atom stereocenters. The first-order valence-electron chi connectivity index (χ1n) is 4.06. The standard InChI is InChI=1S/C6H12O5.CH2O3.K/c7-1-3(8)6-5(10)4(9)2-11-6;2-1(3)4;/h3-10H,1-2H2;(H2,2,3,4);/q;;+1/p-1/t3-,4+,5-,6-;;/m1../s1. The molecule has 16 heavy (non-hydrogen) atoms. The van der Waals surface area contributed by atoms with Gasteiger partial charge in [-0.2, -0.15) is 0 Å². The van der Waals surface area contributed by atoms with E-state index in [2.05, 4.69) is 0 Å². The van der Waals surface area contributed by atoms with Crippen LogP contribution in [0.1, 0.15) is 0 Å². The molecule has 0 unspecified atom stereocenters. The number of aliphatic hydroxyl groups excluding tert-OH is 4. The topological polar surface area (TPSA) is 151 Å². The Morgan fingerprint density at radius 1 is 1.50 bits per heavy atom. The zero-order chi connectivity index (χ0) is 12.0. The first-order valence-corrected chi connectivity index (χ1v) is 4.06. The van der Waals surface area contributed by atoms with Crippen LogP contribution in [-0.2, 0) is 4.74 Å². The molecule has 0 spiro atoms. The number of hydrogen-bond acceptors (Lipinski definition) is 7. The summed E-state index contributed by atoms with van der Waals surface area (Å²) in [4.78, 5) is 8.44. The van der Waals surface area contributed by atoms with Crippen LogP contribution in [0.4, 0.5) is 4.79 Å². The second-order valence-electron chi connectivity index (χ2n) is 2.87. The van der Waals surface area contributed by atoms with Gasteiger partial charge >= 0.3 is 51.4 Å². The zero-order valence-corrected chi connectivity index (χ0v) is 11.8. The second kappa shape index (κ2) is 9.71. The molecule has 0 bridgehead atoms. The Kier molecular flexibility index (Phi) is 11.6. The summed E-state index contributed by atoms with van der Waals surface area (Å²) in [5, 5.41) is 50.8. The monoisotopic (exact) mass is 264 g/mol. The molecule has 0 aromatic rings. The Bertz CT molecular complexity index is 197. The van der Waals surface area contributed by atoms with E-state index in [1.165, 1.54) is 0 Å². The van der Waals surface area contributed by atoms with Crippen molar-refractivity contribution in [2.24, 2.45) is 0 Å². The van der Waals surface area contributed by atoms with Gasteiger partial charge in [0, 0.05) is 0 Å². The molecule has 5 N–H and O–H groups in total. The molecule has 9 heteroatoms. The van der Waals surface area contributed by atoms with Crippen molar-refractivity contribution in [3.63, 3.8) is 0 Å². The molecule has 1 aliphatic heterocycles. The normalized spacial score (nSPS) is 29.6. The molecule has 0 aromatic heterocycles. The smallest absolute Gasteiger partial charge is 0.565 e. The molecule has 8 nitrogen and oxygen atoms in total. The molecule has 1 fully saturated rings. The predicted molar refractivity (Wildman–Crippen MR) is 42.9 cm³/mol. The van der Waals surface area contributed by atoms with Crippen LogP contribution < -0.4 is 56.5 Å². The third kappa shape index (κ3) is 7.11. The molecule has 0 amide bonds. The first-order chi connectivity index (χ1) is 6.90. The van der Waals surface area contributed by atoms with Gasteiger partial charge in [0.2, 0.25) is 6.16 Å². The van der Waals surface area contributed by atoms with Gasteiger partial charge in [0.15, 0.2) is 0 Å². The van der Waals surface area contributed by atoms with Crippen molar-refractivity contribution in [1.82, 2.24) is 0 Å². The van der Waals surface area contributed by atoms with Crippen LogP contribution in [0.15, 0.2) is 0 Å². The summed E-state index contributed by atoms with van der Waals surface area (Å²) in [6.45, 7) is -0.475. The van der Waals surface area contributed by atoms with E-state index in [1.54, 1.807) is 0 Å². The third-order valence-corrected chi connectivity index (χ3v) is 1.76. The van der Waals surface area contributed by atoms with E-state index in [9.17, 15) is 0 Å². The van der Waals surface area contributed by atoms with Gasteiger partial charge in [-0.25, -0.2) is 0 Å². The molecule has 0 saturated carbocycles. The van der Waals surface area contributed by atoms with Crippen molar-refractivity contribution in [3.05, 3.63) is 0 Å². The quantitative estimate of drug-likeness (QED) is 0.309. The molecule has 0 aromatic carbocycles. The van der Waals surface area contributed by atoms with Gasteiger partial charge in [-0.3, -0.25) is 0 Å². The van der Waals surface area contributed by atoms with E-state index in [-0.39, 0.29) is 58.0 Å². The van der Waals surface area contributed by atoms with Crippen molar-refractivity contribution < 1.29 is 91.6 Å². The SMILES string of the molecule is O=C([O-])O.OC[C@@H](O)[C@H]1OC[C@H](O)[C@H]1O.[K+]. The number of aliphatic hydroxyl groups is 4. The summed E-state index contributed by atoms with van der Waals surface area (Å²) < 4.78 is 4.82. The Labute approximate surface area is 134 Å². The van der Waals surface area contributed by atoms with Gasteiger partial charge < -0.3 is 40.2 Å². The minimum Gasteiger partial charge on any atom is -0.565 e. The van der Waals surface area contributed by atoms with Gasteiger partial charge in [-0.1, -0.05) is 0 Å². The molecule has 1 aliphatic rings. The second-order valence-corrected chi connectivity index (χ2v) is 2.87. The summed E-state index contributed by atoms with van der Waals surface area (Å²) >= 11 is 0. The Morgan fingerprint density at radius 3 is 2.19 bits per heavy atom. The molecular formula is C7H13KO8. The van der Waals surface area contributed by atoms with Crippen molar-refractivity contribution in [2.45, 2.75) is 24.4 Å². The van der Waals surface area contributed by atoms with Crippen molar-refractivity contribution in [1.29, 1.82) is 0 Å². The van der Waals surface area contributed by atoms with Crippen LogP contribution in [0.2, 0.25) is 0 Å². The summed E-state index contributed by atoms with van der Waals surface area (Å²) in [6.07, 6.45) is -6.13. The van der Waals surface area contributed by atoms with Crippen molar-refractivity contribution in [2.75, 3.05) is 13.2 Å². The maximum absolute atomic E-state index is 9.11. The van der Waals surface area contributed by atoms with Gasteiger partial charge in [-0.15, -0.1) is 0 Å². The van der Waals surface area contributed by atoms with Crippen LogP contribution in [0.3, 0.4) is 0 Å². The molecule has 90 valence electrons. The molecule has 1 saturated heterocycles. The number of carboxylic acid groups (broad SMARTS) is 2. The maximum atomic E-state index is 9.11. The summed E-state index contributed by atoms with van der Waals surface area (Å²) in [5.74, 6) is 0. The minimum atomic E-state index is -2.08. The number of carbonyl (C=O) groups is 1. The van der Waals surface area contributed by atoms with Crippen LogP contribution in [0.5, 0.6) is 0 Å². The molecule has 1 heterocycles. The van der Waals surface area contributed by atoms with Crippen LogP contribution >= 0.6 is 0 Å². The van der Waals surface area contributed by atoms with Gasteiger partial charge in [-0.05, 0) is 0 Å². The van der Waals surface area contributed by atoms with E-state index >= 15 is 0 Å². The fraction of sp³-hybridized carbons (Fsp3) is 0.857. The summed E-state index contributed by atoms with van der Waals surface area (Å²) in [7, 11) is 0. The van der Waals surface area contributed by atoms with E-state index in [1.807, 2.05) is 0 Å². The molecule has 0 radical (unpaired) electrons. The van der Waals surface area contributed by atoms with E-state index < -0.39 is 37.2 Å². The van der Waals surface area contributed by atoms with Crippen LogP contribution in [-0.4, -0.2) is 69.3 Å². The van der Waals surface area contributed by atoms with Crippen LogP contribution in [0, 0.1) is 0 Å². The number of ether oxygens (including phenoxy) is 1. The molecular weight excluding hydrogens is 251 g/mol. The number of rotatable bonds is 2. The van der Waals surface area contributed by atoms with Crippen molar-refractivity contribution >= 4 is 6.16 Å². The van der Waals surface area contributed by atoms with E-state index in [0.29, 0.717) is 0 Å². The average Bonchev–Trinajstić information content (AvgIpc) is 2.46. The number of hydrogen-bond donors (Lipinski definition) is 5. The largest absolute Gasteiger partial charge is 1.00 e. The summed E-state index contributed by atoms with van der Waals surface area (Å²) in [6, 6.07) is 0. The third-order valence-electron chi connectivity index (χ3n) is 1.76. The summed E-state index contributed by atoms with van der Waals surface area (Å²) in [5.41, 5.74) is 0. The maximum Gasteiger partial charge on any atom is 1.00 e. The van der Waals surface area contributed by atoms with Crippen LogP contribution in [0.25, 0.3) is 0 Å². The van der Waals surface area contributed by atoms with Gasteiger partial charge in [0.05, 0.1) is 13.2 Å². The predicted octanol–water partition coefficient (Wildman–Crippen LogP) is -6.65. The molecule has 1 rings (SSSR count). The van der Waals surface area contributed by atoms with Crippen molar-refractivity contribution in [3.8, 4) is 0 Å². The Hall–Kier alpha value is 0.706. The zero-order valence-electron chi connectivity index (χ0n) is 8.68. The molecule has 0 aliphatic carbocycles. The average molecular weight is 264 g/mol. The Balaban J connectivity index is 0.